The number of rotatable bonds is 9. The van der Waals surface area contributed by atoms with Gasteiger partial charge in [0.05, 0.1) is 14.2 Å². The van der Waals surface area contributed by atoms with E-state index in [4.69, 9.17) is 32.7 Å². The van der Waals surface area contributed by atoms with Gasteiger partial charge in [-0.05, 0) is 60.9 Å². The Labute approximate surface area is 211 Å². The maximum atomic E-state index is 13.7. The molecule has 0 saturated heterocycles. The first-order valence-electron chi connectivity index (χ1n) is 11.5. The summed E-state index contributed by atoms with van der Waals surface area (Å²) in [6.07, 6.45) is 3.96. The van der Waals surface area contributed by atoms with Crippen LogP contribution in [-0.4, -0.2) is 42.9 Å². The van der Waals surface area contributed by atoms with E-state index in [1.165, 1.54) is 12.0 Å². The molecule has 1 aliphatic rings. The van der Waals surface area contributed by atoms with E-state index in [1.54, 1.807) is 31.4 Å². The molecule has 0 radical (unpaired) electrons. The summed E-state index contributed by atoms with van der Waals surface area (Å²) in [5.74, 6) is 0.784. The Balaban J connectivity index is 2.01. The van der Waals surface area contributed by atoms with Crippen molar-refractivity contribution in [2.75, 3.05) is 20.1 Å². The van der Waals surface area contributed by atoms with Gasteiger partial charge in [0.2, 0.25) is 11.8 Å². The predicted octanol–water partition coefficient (Wildman–Crippen LogP) is 5.36. The Morgan fingerprint density at radius 1 is 1.06 bits per heavy atom. The molecule has 2 aromatic rings. The highest BCUT2D eigenvalue weighted by Crippen LogP contribution is 2.34. The molecule has 34 heavy (non-hydrogen) atoms. The van der Waals surface area contributed by atoms with Crippen LogP contribution in [0, 0.1) is 5.92 Å². The van der Waals surface area contributed by atoms with Gasteiger partial charge < -0.3 is 19.7 Å². The second-order valence-electron chi connectivity index (χ2n) is 8.73. The molecular formula is C26H32Cl2N2O4. The number of nitrogens with zero attached hydrogens (tertiary/aromatic N) is 1. The molecule has 1 fully saturated rings. The van der Waals surface area contributed by atoms with E-state index in [1.807, 2.05) is 18.2 Å². The maximum Gasteiger partial charge on any atom is 0.247 e. The number of carbonyl (C=O) groups is 2. The van der Waals surface area contributed by atoms with Gasteiger partial charge >= 0.3 is 0 Å². The summed E-state index contributed by atoms with van der Waals surface area (Å²) < 4.78 is 10.8. The first kappa shape index (κ1) is 26.2. The average molecular weight is 507 g/mol. The molecule has 184 valence electrons. The lowest BCUT2D eigenvalue weighted by molar-refractivity contribution is -0.140. The molecule has 8 heteroatoms. The highest BCUT2D eigenvalue weighted by molar-refractivity contribution is 6.31. The number of nitrogens with one attached hydrogen (secondary N) is 1. The summed E-state index contributed by atoms with van der Waals surface area (Å²) in [7, 11) is 3.08. The molecule has 0 bridgehead atoms. The SMILES string of the molecule is COc1ccc([C@@H](C(=O)NC2CCC(C)CC2)N(Cc2ccccc2Cl)C(=O)CCl)cc1OC. The van der Waals surface area contributed by atoms with Gasteiger partial charge in [0.25, 0.3) is 0 Å². The summed E-state index contributed by atoms with van der Waals surface area (Å²) in [6.45, 7) is 2.37. The van der Waals surface area contributed by atoms with Crippen LogP contribution in [0.25, 0.3) is 0 Å². The molecule has 2 amide bonds. The Morgan fingerprint density at radius 2 is 1.74 bits per heavy atom. The lowest BCUT2D eigenvalue weighted by Crippen LogP contribution is -2.47. The van der Waals surface area contributed by atoms with Gasteiger partial charge in [0.15, 0.2) is 11.5 Å². The molecule has 2 aromatic carbocycles. The summed E-state index contributed by atoms with van der Waals surface area (Å²) in [5.41, 5.74) is 1.33. The van der Waals surface area contributed by atoms with Crippen molar-refractivity contribution in [2.24, 2.45) is 5.92 Å². The monoisotopic (exact) mass is 506 g/mol. The third-order valence-corrected chi connectivity index (χ3v) is 6.98. The summed E-state index contributed by atoms with van der Waals surface area (Å²) in [5, 5.41) is 3.70. The van der Waals surface area contributed by atoms with E-state index in [-0.39, 0.29) is 30.3 Å². The van der Waals surface area contributed by atoms with E-state index in [0.29, 0.717) is 28.0 Å². The zero-order valence-electron chi connectivity index (χ0n) is 19.9. The van der Waals surface area contributed by atoms with Crippen LogP contribution in [0.5, 0.6) is 11.5 Å². The predicted molar refractivity (Wildman–Crippen MR) is 135 cm³/mol. The van der Waals surface area contributed by atoms with Crippen LogP contribution in [0.1, 0.15) is 49.8 Å². The van der Waals surface area contributed by atoms with Crippen LogP contribution in [0.15, 0.2) is 42.5 Å². The maximum absolute atomic E-state index is 13.7. The van der Waals surface area contributed by atoms with E-state index >= 15 is 0 Å². The number of halogens is 2. The van der Waals surface area contributed by atoms with Crippen molar-refractivity contribution >= 4 is 35.0 Å². The Hall–Kier alpha value is -2.44. The van der Waals surface area contributed by atoms with Crippen molar-refractivity contribution in [3.05, 3.63) is 58.6 Å². The normalized spacial score (nSPS) is 18.6. The zero-order chi connectivity index (χ0) is 24.7. The molecule has 1 N–H and O–H groups in total. The molecule has 1 atom stereocenters. The van der Waals surface area contributed by atoms with E-state index < -0.39 is 6.04 Å². The van der Waals surface area contributed by atoms with Crippen molar-refractivity contribution in [3.8, 4) is 11.5 Å². The number of ether oxygens (including phenoxy) is 2. The summed E-state index contributed by atoms with van der Waals surface area (Å²) >= 11 is 12.4. The Kier molecular flexibility index (Phi) is 9.48. The third-order valence-electron chi connectivity index (χ3n) is 6.38. The molecule has 6 nitrogen and oxygen atoms in total. The molecule has 1 saturated carbocycles. The fourth-order valence-electron chi connectivity index (χ4n) is 4.39. The molecule has 0 spiro atoms. The van der Waals surface area contributed by atoms with Crippen LogP contribution in [0.3, 0.4) is 0 Å². The van der Waals surface area contributed by atoms with E-state index in [0.717, 1.165) is 31.2 Å². The van der Waals surface area contributed by atoms with Crippen molar-refractivity contribution < 1.29 is 19.1 Å². The largest absolute Gasteiger partial charge is 0.493 e. The number of hydrogen-bond acceptors (Lipinski definition) is 4. The van der Waals surface area contributed by atoms with Crippen molar-refractivity contribution in [3.63, 3.8) is 0 Å². The first-order chi connectivity index (χ1) is 16.4. The van der Waals surface area contributed by atoms with E-state index in [9.17, 15) is 9.59 Å². The minimum Gasteiger partial charge on any atom is -0.493 e. The molecule has 3 rings (SSSR count). The second kappa shape index (κ2) is 12.3. The van der Waals surface area contributed by atoms with Crippen LogP contribution in [-0.2, 0) is 16.1 Å². The molecule has 1 aliphatic carbocycles. The first-order valence-corrected chi connectivity index (χ1v) is 12.4. The van der Waals surface area contributed by atoms with Crippen LogP contribution in [0.2, 0.25) is 5.02 Å². The molecular weight excluding hydrogens is 475 g/mol. The Bertz CT molecular complexity index is 993. The lowest BCUT2D eigenvalue weighted by atomic mass is 9.87. The quantitative estimate of drug-likeness (QED) is 0.464. The number of hydrogen-bond donors (Lipinski definition) is 1. The standard InChI is InChI=1S/C26H32Cl2N2O4/c1-17-8-11-20(12-9-17)29-26(32)25(18-10-13-22(33-2)23(14-18)34-3)30(24(31)15-27)16-19-6-4-5-7-21(19)28/h4-7,10,13-14,17,20,25H,8-9,11-12,15-16H2,1-3H3,(H,29,32)/t17?,20?,25-/m0/s1. The molecule has 0 aliphatic heterocycles. The van der Waals surface area contributed by atoms with E-state index in [2.05, 4.69) is 12.2 Å². The number of carbonyl (C=O) groups excluding carboxylic acids is 2. The minimum absolute atomic E-state index is 0.0691. The van der Waals surface area contributed by atoms with Crippen molar-refractivity contribution in [1.29, 1.82) is 0 Å². The van der Waals surface area contributed by atoms with Gasteiger partial charge in [-0.3, -0.25) is 9.59 Å². The number of benzene rings is 2. The third kappa shape index (κ3) is 6.36. The van der Waals surface area contributed by atoms with Gasteiger partial charge in [-0.25, -0.2) is 0 Å². The molecule has 0 aromatic heterocycles. The molecule has 0 unspecified atom stereocenters. The van der Waals surface area contributed by atoms with Crippen LogP contribution >= 0.6 is 23.2 Å². The highest BCUT2D eigenvalue weighted by Gasteiger charge is 2.34. The second-order valence-corrected chi connectivity index (χ2v) is 9.40. The zero-order valence-corrected chi connectivity index (χ0v) is 21.4. The fourth-order valence-corrected chi connectivity index (χ4v) is 4.74. The number of methoxy groups -OCH3 is 2. The summed E-state index contributed by atoms with van der Waals surface area (Å²) in [6, 6.07) is 11.7. The smallest absolute Gasteiger partial charge is 0.247 e. The van der Waals surface area contributed by atoms with Crippen LogP contribution in [0.4, 0.5) is 0 Å². The Morgan fingerprint density at radius 3 is 2.35 bits per heavy atom. The fraction of sp³-hybridized carbons (Fsp3) is 0.462. The number of amides is 2. The van der Waals surface area contributed by atoms with Crippen molar-refractivity contribution in [2.45, 2.75) is 51.2 Å². The lowest BCUT2D eigenvalue weighted by Gasteiger charge is -2.34. The van der Waals surface area contributed by atoms with Gasteiger partial charge in [-0.15, -0.1) is 11.6 Å². The number of alkyl halides is 1. The molecule has 0 heterocycles. The van der Waals surface area contributed by atoms with Gasteiger partial charge in [-0.1, -0.05) is 42.8 Å². The van der Waals surface area contributed by atoms with Gasteiger partial charge in [0.1, 0.15) is 11.9 Å². The van der Waals surface area contributed by atoms with Gasteiger partial charge in [-0.2, -0.15) is 0 Å². The topological polar surface area (TPSA) is 67.9 Å². The van der Waals surface area contributed by atoms with Crippen molar-refractivity contribution in [1.82, 2.24) is 10.2 Å². The summed E-state index contributed by atoms with van der Waals surface area (Å²) in [4.78, 5) is 28.3. The van der Waals surface area contributed by atoms with Gasteiger partial charge in [0, 0.05) is 17.6 Å². The average Bonchev–Trinajstić information content (AvgIpc) is 2.85. The van der Waals surface area contributed by atoms with Crippen LogP contribution < -0.4 is 14.8 Å². The highest BCUT2D eigenvalue weighted by atomic mass is 35.5. The minimum atomic E-state index is -0.915.